The van der Waals surface area contributed by atoms with Crippen molar-refractivity contribution in [3.8, 4) is 17.4 Å². The van der Waals surface area contributed by atoms with Gasteiger partial charge in [0, 0.05) is 18.0 Å². The summed E-state index contributed by atoms with van der Waals surface area (Å²) >= 11 is 1.24. The van der Waals surface area contributed by atoms with Crippen LogP contribution in [0.5, 0.6) is 0 Å². The van der Waals surface area contributed by atoms with Crippen molar-refractivity contribution in [1.29, 1.82) is 5.26 Å². The number of likely N-dealkylation sites (tertiary alicyclic amines) is 1. The maximum atomic E-state index is 13.7. The molecule has 2 fully saturated rings. The number of pyridine rings is 1. The Bertz CT molecular complexity index is 1250. The first kappa shape index (κ1) is 19.9. The van der Waals surface area contributed by atoms with Crippen molar-refractivity contribution < 1.29 is 9.21 Å². The van der Waals surface area contributed by atoms with Crippen LogP contribution in [0.1, 0.15) is 55.3 Å². The molecule has 0 spiro atoms. The molecule has 1 aliphatic heterocycles. The molecular formula is C23H25N5O2S. The molecule has 4 heterocycles. The molecule has 2 bridgehead atoms. The van der Waals surface area contributed by atoms with Gasteiger partial charge in [0.25, 0.3) is 5.91 Å². The van der Waals surface area contributed by atoms with Gasteiger partial charge in [-0.05, 0) is 42.2 Å². The van der Waals surface area contributed by atoms with E-state index in [9.17, 15) is 10.1 Å². The molecular weight excluding hydrogens is 410 g/mol. The molecule has 3 aromatic heterocycles. The molecule has 2 unspecified atom stereocenters. The zero-order valence-corrected chi connectivity index (χ0v) is 18.7. The smallest absolute Gasteiger partial charge is 0.266 e. The highest BCUT2D eigenvalue weighted by Gasteiger charge is 2.53. The minimum atomic E-state index is -0.0648. The molecule has 3 aromatic rings. The number of anilines is 2. The van der Waals surface area contributed by atoms with Crippen molar-refractivity contribution in [3.05, 3.63) is 28.8 Å². The predicted octanol–water partition coefficient (Wildman–Crippen LogP) is 4.63. The average Bonchev–Trinajstić information content (AvgIpc) is 3.38. The normalized spacial score (nSPS) is 24.5. The number of nitrogens with two attached hydrogens (primary N) is 2. The number of hydrogen-bond donors (Lipinski definition) is 2. The van der Waals surface area contributed by atoms with Crippen molar-refractivity contribution >= 4 is 39.0 Å². The SMILES string of the molecule is CC12CCN(C(=O)c3sc4nc(N)c(C#N)c(-c5ccco5)c4c3N)C(C1)C(C)(C)C2. The predicted molar refractivity (Wildman–Crippen MR) is 121 cm³/mol. The lowest BCUT2D eigenvalue weighted by molar-refractivity contribution is 0.0480. The highest BCUT2D eigenvalue weighted by molar-refractivity contribution is 7.21. The van der Waals surface area contributed by atoms with Crippen LogP contribution >= 0.6 is 11.3 Å². The van der Waals surface area contributed by atoms with Gasteiger partial charge in [-0.25, -0.2) is 4.98 Å². The van der Waals surface area contributed by atoms with Crippen molar-refractivity contribution in [3.63, 3.8) is 0 Å². The van der Waals surface area contributed by atoms with E-state index in [1.165, 1.54) is 17.6 Å². The van der Waals surface area contributed by atoms with Crippen LogP contribution in [-0.2, 0) is 0 Å². The maximum Gasteiger partial charge on any atom is 0.266 e. The summed E-state index contributed by atoms with van der Waals surface area (Å²) in [6.07, 6.45) is 4.64. The zero-order chi connectivity index (χ0) is 22.1. The summed E-state index contributed by atoms with van der Waals surface area (Å²) in [5.74, 6) is 0.516. The number of amides is 1. The maximum absolute atomic E-state index is 13.7. The molecule has 160 valence electrons. The number of thiophene rings is 1. The first-order valence-corrected chi connectivity index (χ1v) is 11.2. The number of hydrogen-bond acceptors (Lipinski definition) is 7. The topological polar surface area (TPSA) is 122 Å². The van der Waals surface area contributed by atoms with Crippen molar-refractivity contribution in [2.45, 2.75) is 46.1 Å². The van der Waals surface area contributed by atoms with Crippen molar-refractivity contribution in [2.24, 2.45) is 10.8 Å². The number of aromatic nitrogens is 1. The number of carbonyl (C=O) groups is 1. The first-order chi connectivity index (χ1) is 14.6. The van der Waals surface area contributed by atoms with Crippen LogP contribution in [0, 0.1) is 22.2 Å². The third-order valence-corrected chi connectivity index (χ3v) is 8.13. The van der Waals surface area contributed by atoms with Crippen molar-refractivity contribution in [1.82, 2.24) is 9.88 Å². The van der Waals surface area contributed by atoms with E-state index in [0.29, 0.717) is 37.5 Å². The average molecular weight is 436 g/mol. The molecule has 2 atom stereocenters. The fraction of sp³-hybridized carbons (Fsp3) is 0.435. The lowest BCUT2D eigenvalue weighted by Gasteiger charge is -2.40. The van der Waals surface area contributed by atoms with Gasteiger partial charge in [-0.3, -0.25) is 4.79 Å². The van der Waals surface area contributed by atoms with Gasteiger partial charge in [-0.1, -0.05) is 20.8 Å². The fourth-order valence-electron chi connectivity index (χ4n) is 5.78. The van der Waals surface area contributed by atoms with Gasteiger partial charge in [-0.2, -0.15) is 5.26 Å². The van der Waals surface area contributed by atoms with E-state index >= 15 is 0 Å². The number of nitrogen functional groups attached to an aromatic ring is 2. The van der Waals surface area contributed by atoms with Gasteiger partial charge < -0.3 is 20.8 Å². The number of rotatable bonds is 2. The fourth-order valence-corrected chi connectivity index (χ4v) is 6.85. The number of furan rings is 1. The molecule has 31 heavy (non-hydrogen) atoms. The second-order valence-corrected chi connectivity index (χ2v) is 10.8. The number of fused-ring (bicyclic) bond motifs is 3. The van der Waals surface area contributed by atoms with Gasteiger partial charge in [-0.15, -0.1) is 11.3 Å². The van der Waals surface area contributed by atoms with Gasteiger partial charge in [0.05, 0.1) is 17.5 Å². The van der Waals surface area contributed by atoms with Crippen LogP contribution in [0.3, 0.4) is 0 Å². The molecule has 0 aromatic carbocycles. The van der Waals surface area contributed by atoms with Crippen LogP contribution in [0.4, 0.5) is 11.5 Å². The van der Waals surface area contributed by atoms with Crippen molar-refractivity contribution in [2.75, 3.05) is 18.0 Å². The number of piperidine rings is 1. The lowest BCUT2D eigenvalue weighted by Crippen LogP contribution is -2.48. The summed E-state index contributed by atoms with van der Waals surface area (Å²) in [5.41, 5.74) is 14.0. The van der Waals surface area contributed by atoms with Gasteiger partial charge in [0.2, 0.25) is 0 Å². The Morgan fingerprint density at radius 2 is 2.16 bits per heavy atom. The Morgan fingerprint density at radius 3 is 2.84 bits per heavy atom. The number of nitrogens with zero attached hydrogens (tertiary/aromatic N) is 3. The summed E-state index contributed by atoms with van der Waals surface area (Å²) in [7, 11) is 0. The van der Waals surface area contributed by atoms with Gasteiger partial charge in [0.15, 0.2) is 0 Å². The van der Waals surface area contributed by atoms with E-state index in [1.54, 1.807) is 12.1 Å². The second kappa shape index (κ2) is 6.47. The highest BCUT2D eigenvalue weighted by Crippen LogP contribution is 2.56. The van der Waals surface area contributed by atoms with Gasteiger partial charge >= 0.3 is 0 Å². The summed E-state index contributed by atoms with van der Waals surface area (Å²) in [4.78, 5) is 21.1. The van der Waals surface area contributed by atoms with Crippen LogP contribution in [-0.4, -0.2) is 28.4 Å². The van der Waals surface area contributed by atoms with Crippen LogP contribution in [0.15, 0.2) is 22.8 Å². The summed E-state index contributed by atoms with van der Waals surface area (Å²) in [6.45, 7) is 7.55. The Balaban J connectivity index is 1.66. The number of carbonyl (C=O) groups excluding carboxylic acids is 1. The van der Waals surface area contributed by atoms with E-state index in [0.717, 1.165) is 25.8 Å². The standard InChI is InChI=1S/C23H25N5O2S/c1-22(2)11-23(3)6-7-28(14(22)9-23)21(29)18-17(25)16-15(13-5-4-8-30-13)12(10-24)19(26)27-20(16)31-18/h4-5,8,14H,6-7,9,11,25H2,1-3H3,(H2,26,27). The largest absolute Gasteiger partial charge is 0.464 e. The molecule has 1 aliphatic carbocycles. The zero-order valence-electron chi connectivity index (χ0n) is 17.9. The van der Waals surface area contributed by atoms with E-state index in [2.05, 4.69) is 31.8 Å². The van der Waals surface area contributed by atoms with E-state index < -0.39 is 0 Å². The quantitative estimate of drug-likeness (QED) is 0.605. The third-order valence-electron chi connectivity index (χ3n) is 7.04. The third kappa shape index (κ3) is 2.83. The Kier molecular flexibility index (Phi) is 4.15. The molecule has 4 N–H and O–H groups in total. The molecule has 5 rings (SSSR count). The minimum Gasteiger partial charge on any atom is -0.464 e. The highest BCUT2D eigenvalue weighted by atomic mass is 32.1. The Labute approximate surface area is 184 Å². The summed E-state index contributed by atoms with van der Waals surface area (Å²) in [6, 6.07) is 5.78. The minimum absolute atomic E-state index is 0.0579. The lowest BCUT2D eigenvalue weighted by atomic mass is 9.81. The molecule has 1 saturated heterocycles. The monoisotopic (exact) mass is 435 g/mol. The van der Waals surface area contributed by atoms with E-state index in [1.807, 2.05) is 4.90 Å². The molecule has 2 aliphatic rings. The molecule has 1 amide bonds. The Hall–Kier alpha value is -3.05. The Morgan fingerprint density at radius 1 is 1.39 bits per heavy atom. The molecule has 7 nitrogen and oxygen atoms in total. The molecule has 1 saturated carbocycles. The van der Waals surface area contributed by atoms with Gasteiger partial charge in [0.1, 0.15) is 32.9 Å². The first-order valence-electron chi connectivity index (χ1n) is 10.4. The van der Waals surface area contributed by atoms with Crippen LogP contribution in [0.2, 0.25) is 0 Å². The van der Waals surface area contributed by atoms with Crippen LogP contribution < -0.4 is 11.5 Å². The van der Waals surface area contributed by atoms with E-state index in [4.69, 9.17) is 15.9 Å². The second-order valence-electron chi connectivity index (χ2n) is 9.81. The molecule has 0 radical (unpaired) electrons. The summed E-state index contributed by atoms with van der Waals surface area (Å²) in [5, 5.41) is 10.3. The summed E-state index contributed by atoms with van der Waals surface area (Å²) < 4.78 is 5.56. The molecule has 8 heteroatoms. The van der Waals surface area contributed by atoms with E-state index in [-0.39, 0.29) is 28.7 Å². The van der Waals surface area contributed by atoms with Crippen LogP contribution in [0.25, 0.3) is 21.5 Å². The number of nitriles is 1.